The summed E-state index contributed by atoms with van der Waals surface area (Å²) >= 11 is 9.30. The molecule has 1 aromatic carbocycles. The van der Waals surface area contributed by atoms with Crippen LogP contribution in [-0.4, -0.2) is 10.9 Å². The van der Waals surface area contributed by atoms with Crippen molar-refractivity contribution in [3.63, 3.8) is 0 Å². The number of nitrogens with zero attached hydrogens (tertiary/aromatic N) is 1. The van der Waals surface area contributed by atoms with E-state index in [2.05, 4.69) is 26.2 Å². The molecule has 18 heavy (non-hydrogen) atoms. The summed E-state index contributed by atoms with van der Waals surface area (Å²) in [5.74, 6) is -0.234. The Hall–Kier alpha value is -1.39. The molecule has 0 saturated carbocycles. The van der Waals surface area contributed by atoms with Crippen LogP contribution < -0.4 is 5.32 Å². The minimum absolute atomic E-state index is 0.234. The van der Waals surface area contributed by atoms with E-state index in [-0.39, 0.29) is 5.91 Å². The predicted molar refractivity (Wildman–Crippen MR) is 74.6 cm³/mol. The monoisotopic (exact) mass is 324 g/mol. The maximum absolute atomic E-state index is 11.9. The predicted octanol–water partition coefficient (Wildman–Crippen LogP) is 3.43. The molecule has 0 atom stereocenters. The largest absolute Gasteiger partial charge is 0.347 e. The van der Waals surface area contributed by atoms with Gasteiger partial charge in [0.2, 0.25) is 0 Å². The van der Waals surface area contributed by atoms with Crippen LogP contribution in [0.15, 0.2) is 47.1 Å². The van der Waals surface area contributed by atoms with E-state index in [0.717, 1.165) is 5.56 Å². The molecule has 1 heterocycles. The van der Waals surface area contributed by atoms with Gasteiger partial charge in [-0.05, 0) is 39.7 Å². The van der Waals surface area contributed by atoms with Gasteiger partial charge in [0.1, 0.15) is 5.69 Å². The van der Waals surface area contributed by atoms with Crippen molar-refractivity contribution in [1.29, 1.82) is 0 Å². The van der Waals surface area contributed by atoms with Crippen LogP contribution in [0.3, 0.4) is 0 Å². The molecule has 0 spiro atoms. The first kappa shape index (κ1) is 13.1. The second-order valence-electron chi connectivity index (χ2n) is 3.61. The van der Waals surface area contributed by atoms with Crippen LogP contribution in [0.4, 0.5) is 0 Å². The number of carbonyl (C=O) groups excluding carboxylic acids is 1. The molecule has 1 N–H and O–H groups in total. The normalized spacial score (nSPS) is 10.1. The van der Waals surface area contributed by atoms with E-state index in [4.69, 9.17) is 11.6 Å². The van der Waals surface area contributed by atoms with Gasteiger partial charge in [0.25, 0.3) is 5.91 Å². The highest BCUT2D eigenvalue weighted by Gasteiger charge is 2.10. The molecule has 2 aromatic rings. The quantitative estimate of drug-likeness (QED) is 0.939. The molecule has 0 fully saturated rings. The molecule has 0 unspecified atom stereocenters. The summed E-state index contributed by atoms with van der Waals surface area (Å²) in [7, 11) is 0. The van der Waals surface area contributed by atoms with Crippen LogP contribution in [0.5, 0.6) is 0 Å². The number of hydrogen-bond donors (Lipinski definition) is 1. The van der Waals surface area contributed by atoms with Crippen LogP contribution in [0, 0.1) is 0 Å². The highest BCUT2D eigenvalue weighted by Crippen LogP contribution is 2.16. The van der Waals surface area contributed by atoms with Crippen molar-refractivity contribution >= 4 is 33.4 Å². The zero-order valence-electron chi connectivity index (χ0n) is 9.36. The van der Waals surface area contributed by atoms with Gasteiger partial charge in [-0.25, -0.2) is 4.98 Å². The molecule has 0 saturated heterocycles. The fourth-order valence-electron chi connectivity index (χ4n) is 1.45. The van der Waals surface area contributed by atoms with E-state index < -0.39 is 0 Å². The first-order valence-electron chi connectivity index (χ1n) is 5.30. The maximum Gasteiger partial charge on any atom is 0.271 e. The Labute approximate surface area is 118 Å². The molecule has 1 aromatic heterocycles. The molecule has 0 aliphatic rings. The van der Waals surface area contributed by atoms with Crippen molar-refractivity contribution in [3.05, 3.63) is 63.3 Å². The molecule has 0 aliphatic heterocycles. The van der Waals surface area contributed by atoms with E-state index in [0.29, 0.717) is 21.7 Å². The molecule has 2 rings (SSSR count). The van der Waals surface area contributed by atoms with Crippen molar-refractivity contribution in [2.45, 2.75) is 6.54 Å². The van der Waals surface area contributed by atoms with E-state index in [9.17, 15) is 4.79 Å². The van der Waals surface area contributed by atoms with Crippen LogP contribution in [0.25, 0.3) is 0 Å². The van der Waals surface area contributed by atoms with Gasteiger partial charge in [-0.3, -0.25) is 4.79 Å². The minimum atomic E-state index is -0.234. The van der Waals surface area contributed by atoms with Crippen molar-refractivity contribution < 1.29 is 4.79 Å². The molecule has 92 valence electrons. The molecule has 1 amide bonds. The molecule has 0 aliphatic carbocycles. The van der Waals surface area contributed by atoms with E-state index in [1.807, 2.05) is 18.2 Å². The Morgan fingerprint density at radius 3 is 2.78 bits per heavy atom. The van der Waals surface area contributed by atoms with Crippen LogP contribution in [0.2, 0.25) is 5.02 Å². The van der Waals surface area contributed by atoms with Crippen molar-refractivity contribution in [1.82, 2.24) is 10.3 Å². The topological polar surface area (TPSA) is 42.0 Å². The van der Waals surface area contributed by atoms with Gasteiger partial charge < -0.3 is 5.32 Å². The second kappa shape index (κ2) is 5.98. The number of benzene rings is 1. The fraction of sp³-hybridized carbons (Fsp3) is 0.0769. The summed E-state index contributed by atoms with van der Waals surface area (Å²) in [6.45, 7) is 0.377. The minimum Gasteiger partial charge on any atom is -0.347 e. The Morgan fingerprint density at radius 2 is 2.06 bits per heavy atom. The molecular formula is C13H10BrClN2O. The number of aromatic nitrogens is 1. The third kappa shape index (κ3) is 3.09. The third-order valence-corrected chi connectivity index (χ3v) is 3.38. The highest BCUT2D eigenvalue weighted by atomic mass is 79.9. The molecule has 0 radical (unpaired) electrons. The summed E-state index contributed by atoms with van der Waals surface area (Å²) in [5.41, 5.74) is 1.24. The first-order chi connectivity index (χ1) is 8.68. The number of nitrogens with one attached hydrogen (secondary N) is 1. The zero-order valence-corrected chi connectivity index (χ0v) is 11.7. The standard InChI is InChI=1S/C13H10BrClN2O/c14-10-5-3-7-16-12(10)13(18)17-8-9-4-1-2-6-11(9)15/h1-7H,8H2,(H,17,18). The first-order valence-corrected chi connectivity index (χ1v) is 6.47. The molecule has 3 nitrogen and oxygen atoms in total. The lowest BCUT2D eigenvalue weighted by Crippen LogP contribution is -2.24. The van der Waals surface area contributed by atoms with Crippen LogP contribution in [-0.2, 0) is 6.54 Å². The Morgan fingerprint density at radius 1 is 1.28 bits per heavy atom. The van der Waals surface area contributed by atoms with E-state index >= 15 is 0 Å². The number of halogens is 2. The van der Waals surface area contributed by atoms with Gasteiger partial charge >= 0.3 is 0 Å². The number of pyridine rings is 1. The van der Waals surface area contributed by atoms with E-state index in [1.54, 1.807) is 24.4 Å². The molecule has 5 heteroatoms. The van der Waals surface area contributed by atoms with Crippen molar-refractivity contribution in [3.8, 4) is 0 Å². The second-order valence-corrected chi connectivity index (χ2v) is 4.87. The van der Waals surface area contributed by atoms with Crippen LogP contribution in [0.1, 0.15) is 16.1 Å². The maximum atomic E-state index is 11.9. The number of hydrogen-bond acceptors (Lipinski definition) is 2. The van der Waals surface area contributed by atoms with Gasteiger partial charge in [0, 0.05) is 22.2 Å². The lowest BCUT2D eigenvalue weighted by Gasteiger charge is -2.07. The Kier molecular flexibility index (Phi) is 4.33. The van der Waals surface area contributed by atoms with Crippen LogP contribution >= 0.6 is 27.5 Å². The summed E-state index contributed by atoms with van der Waals surface area (Å²) in [6, 6.07) is 10.9. The van der Waals surface area contributed by atoms with Crippen molar-refractivity contribution in [2.24, 2.45) is 0 Å². The highest BCUT2D eigenvalue weighted by molar-refractivity contribution is 9.10. The molecule has 0 bridgehead atoms. The average Bonchev–Trinajstić information content (AvgIpc) is 2.38. The lowest BCUT2D eigenvalue weighted by molar-refractivity contribution is 0.0945. The fourth-order valence-corrected chi connectivity index (χ4v) is 2.09. The van der Waals surface area contributed by atoms with Gasteiger partial charge in [0.15, 0.2) is 0 Å². The molecular weight excluding hydrogens is 316 g/mol. The summed E-state index contributed by atoms with van der Waals surface area (Å²) in [4.78, 5) is 15.9. The number of carbonyl (C=O) groups is 1. The van der Waals surface area contributed by atoms with Gasteiger partial charge in [0.05, 0.1) is 0 Å². The number of amides is 1. The van der Waals surface area contributed by atoms with Gasteiger partial charge in [-0.15, -0.1) is 0 Å². The Balaban J connectivity index is 2.06. The van der Waals surface area contributed by atoms with Gasteiger partial charge in [-0.1, -0.05) is 29.8 Å². The SMILES string of the molecule is O=C(NCc1ccccc1Cl)c1ncccc1Br. The zero-order chi connectivity index (χ0) is 13.0. The summed E-state index contributed by atoms with van der Waals surface area (Å²) < 4.78 is 0.668. The van der Waals surface area contributed by atoms with E-state index in [1.165, 1.54) is 0 Å². The van der Waals surface area contributed by atoms with Crippen molar-refractivity contribution in [2.75, 3.05) is 0 Å². The summed E-state index contributed by atoms with van der Waals surface area (Å²) in [5, 5.41) is 3.42. The third-order valence-electron chi connectivity index (χ3n) is 2.37. The average molecular weight is 326 g/mol. The van der Waals surface area contributed by atoms with Gasteiger partial charge in [-0.2, -0.15) is 0 Å². The number of rotatable bonds is 3. The summed E-state index contributed by atoms with van der Waals surface area (Å²) in [6.07, 6.45) is 1.58. The smallest absolute Gasteiger partial charge is 0.271 e. The lowest BCUT2D eigenvalue weighted by atomic mass is 10.2. The Bertz CT molecular complexity index is 574.